The maximum absolute atomic E-state index is 12.8. The van der Waals surface area contributed by atoms with E-state index in [0.717, 1.165) is 35.6 Å². The van der Waals surface area contributed by atoms with Crippen molar-refractivity contribution in [2.75, 3.05) is 0 Å². The van der Waals surface area contributed by atoms with Gasteiger partial charge in [0.25, 0.3) is 12.4 Å². The maximum atomic E-state index is 12.8. The van der Waals surface area contributed by atoms with Gasteiger partial charge in [0.1, 0.15) is 12.4 Å². The number of fused-ring (bicyclic) bond motifs is 1. The van der Waals surface area contributed by atoms with E-state index in [4.69, 9.17) is 14.6 Å². The molecule has 1 aliphatic rings. The number of alkyl halides is 3. The number of amides is 1. The number of carboxylic acid groups (broad SMARTS) is 1. The van der Waals surface area contributed by atoms with Gasteiger partial charge in [-0.3, -0.25) is 9.59 Å². The summed E-state index contributed by atoms with van der Waals surface area (Å²) in [6, 6.07) is 17.5. The Morgan fingerprint density at radius 1 is 1.09 bits per heavy atom. The van der Waals surface area contributed by atoms with Gasteiger partial charge in [-0.1, -0.05) is 42.5 Å². The number of thioether (sulfide) groups is 1. The minimum absolute atomic E-state index is 0.122. The van der Waals surface area contributed by atoms with Crippen molar-refractivity contribution in [3.63, 3.8) is 0 Å². The summed E-state index contributed by atoms with van der Waals surface area (Å²) in [7, 11) is 0. The number of benzene rings is 3. The van der Waals surface area contributed by atoms with Crippen LogP contribution in [-0.2, 0) is 11.4 Å². The van der Waals surface area contributed by atoms with Gasteiger partial charge in [0, 0.05) is 16.3 Å². The van der Waals surface area contributed by atoms with Gasteiger partial charge in [-0.15, -0.1) is 0 Å². The molecule has 0 atom stereocenters. The molecule has 0 saturated heterocycles. The van der Waals surface area contributed by atoms with Crippen LogP contribution >= 0.6 is 11.8 Å². The zero-order chi connectivity index (χ0) is 23.8. The van der Waals surface area contributed by atoms with Crippen LogP contribution < -0.4 is 10.1 Å². The molecule has 1 fully saturated rings. The van der Waals surface area contributed by atoms with E-state index < -0.39 is 5.51 Å². The van der Waals surface area contributed by atoms with Crippen LogP contribution in [0.1, 0.15) is 35.2 Å². The second kappa shape index (κ2) is 11.1. The Kier molecular flexibility index (Phi) is 8.21. The summed E-state index contributed by atoms with van der Waals surface area (Å²) in [4.78, 5) is 21.3. The molecule has 5 nitrogen and oxygen atoms in total. The fourth-order valence-electron chi connectivity index (χ4n) is 3.34. The fraction of sp³-hybridized carbons (Fsp3) is 0.250. The quantitative estimate of drug-likeness (QED) is 0.336. The Balaban J connectivity index is 0.000000968. The van der Waals surface area contributed by atoms with E-state index >= 15 is 0 Å². The standard InChI is InChI=1S/C23H20F3NO2S.CH2O2/c24-23(25,26)30-18-11-8-15(9-12-18)14-29-21-19-7-2-1-4-16(19)10-13-20(21)22(28)27-17-5-3-6-17;2-1-3/h1-2,4,7-13,17H,3,5-6,14H2,(H,27,28);1H,(H,2,3). The van der Waals surface area contributed by atoms with Gasteiger partial charge in [-0.25, -0.2) is 0 Å². The first-order chi connectivity index (χ1) is 15.8. The van der Waals surface area contributed by atoms with Crippen LogP contribution in [0.3, 0.4) is 0 Å². The molecule has 0 aromatic heterocycles. The Morgan fingerprint density at radius 2 is 1.76 bits per heavy atom. The van der Waals surface area contributed by atoms with Crippen molar-refractivity contribution in [2.24, 2.45) is 0 Å². The topological polar surface area (TPSA) is 75.6 Å². The first-order valence-corrected chi connectivity index (χ1v) is 11.0. The molecular formula is C24H22F3NO4S. The molecule has 0 bridgehead atoms. The van der Waals surface area contributed by atoms with Crippen molar-refractivity contribution in [2.45, 2.75) is 42.3 Å². The number of hydrogen-bond acceptors (Lipinski definition) is 4. The predicted molar refractivity (Wildman–Crippen MR) is 120 cm³/mol. The number of rotatable bonds is 6. The second-order valence-electron chi connectivity index (χ2n) is 7.35. The van der Waals surface area contributed by atoms with Crippen LogP contribution in [0.25, 0.3) is 10.8 Å². The molecule has 3 aromatic rings. The lowest BCUT2D eigenvalue weighted by molar-refractivity contribution is -0.122. The average Bonchev–Trinajstić information content (AvgIpc) is 2.75. The molecule has 3 aromatic carbocycles. The first-order valence-electron chi connectivity index (χ1n) is 10.2. The smallest absolute Gasteiger partial charge is 0.446 e. The van der Waals surface area contributed by atoms with Crippen LogP contribution in [0.2, 0.25) is 0 Å². The molecule has 0 unspecified atom stereocenters. The Hall–Kier alpha value is -3.20. The third-order valence-corrected chi connectivity index (χ3v) is 5.84. The van der Waals surface area contributed by atoms with E-state index in [0.29, 0.717) is 11.3 Å². The van der Waals surface area contributed by atoms with Crippen LogP contribution in [0.15, 0.2) is 65.6 Å². The molecule has 0 heterocycles. The normalized spacial score (nSPS) is 13.4. The molecular weight excluding hydrogens is 455 g/mol. The molecule has 174 valence electrons. The Labute approximate surface area is 192 Å². The van der Waals surface area contributed by atoms with E-state index in [1.807, 2.05) is 30.3 Å². The highest BCUT2D eigenvalue weighted by Gasteiger charge is 2.29. The van der Waals surface area contributed by atoms with E-state index in [2.05, 4.69) is 5.32 Å². The molecule has 0 aliphatic heterocycles. The van der Waals surface area contributed by atoms with Crippen molar-refractivity contribution in [1.29, 1.82) is 0 Å². The van der Waals surface area contributed by atoms with Crippen molar-refractivity contribution in [1.82, 2.24) is 5.32 Å². The van der Waals surface area contributed by atoms with Crippen molar-refractivity contribution in [3.8, 4) is 5.75 Å². The zero-order valence-corrected chi connectivity index (χ0v) is 18.3. The highest BCUT2D eigenvalue weighted by atomic mass is 32.2. The van der Waals surface area contributed by atoms with Gasteiger partial charge in [0.15, 0.2) is 0 Å². The third-order valence-electron chi connectivity index (χ3n) is 5.10. The Bertz CT molecular complexity index is 1100. The van der Waals surface area contributed by atoms with Crippen molar-refractivity contribution in [3.05, 3.63) is 71.8 Å². The van der Waals surface area contributed by atoms with E-state index in [-0.39, 0.29) is 41.7 Å². The van der Waals surface area contributed by atoms with E-state index in [1.165, 1.54) is 12.1 Å². The lowest BCUT2D eigenvalue weighted by Gasteiger charge is -2.27. The Morgan fingerprint density at radius 3 is 2.36 bits per heavy atom. The van der Waals surface area contributed by atoms with Gasteiger partial charge in [-0.05, 0) is 60.2 Å². The lowest BCUT2D eigenvalue weighted by atomic mass is 9.92. The SMILES string of the molecule is O=C(NC1CCC1)c1ccc2ccccc2c1OCc1ccc(SC(F)(F)F)cc1.O=CO. The van der Waals surface area contributed by atoms with Crippen LogP contribution in [0.5, 0.6) is 5.75 Å². The molecule has 0 radical (unpaired) electrons. The number of ether oxygens (including phenoxy) is 1. The molecule has 33 heavy (non-hydrogen) atoms. The number of carbonyl (C=O) groups is 2. The van der Waals surface area contributed by atoms with Crippen LogP contribution in [-0.4, -0.2) is 29.0 Å². The molecule has 2 N–H and O–H groups in total. The molecule has 9 heteroatoms. The summed E-state index contributed by atoms with van der Waals surface area (Å²) in [5.41, 5.74) is -3.13. The number of nitrogens with one attached hydrogen (secondary N) is 1. The van der Waals surface area contributed by atoms with Gasteiger partial charge < -0.3 is 15.2 Å². The molecule has 1 saturated carbocycles. The highest BCUT2D eigenvalue weighted by Crippen LogP contribution is 2.37. The van der Waals surface area contributed by atoms with Crippen LogP contribution in [0.4, 0.5) is 13.2 Å². The van der Waals surface area contributed by atoms with Gasteiger partial charge in [0.2, 0.25) is 0 Å². The summed E-state index contributed by atoms with van der Waals surface area (Å²) in [5, 5.41) is 11.7. The molecule has 1 aliphatic carbocycles. The first kappa shape index (κ1) is 24.4. The van der Waals surface area contributed by atoms with Crippen molar-refractivity contribution < 1.29 is 32.6 Å². The summed E-state index contributed by atoms with van der Waals surface area (Å²) in [5.74, 6) is 0.316. The number of hydrogen-bond donors (Lipinski definition) is 2. The fourth-order valence-corrected chi connectivity index (χ4v) is 3.88. The molecule has 0 spiro atoms. The largest absolute Gasteiger partial charge is 0.487 e. The van der Waals surface area contributed by atoms with Crippen molar-refractivity contribution >= 4 is 34.9 Å². The third kappa shape index (κ3) is 6.89. The second-order valence-corrected chi connectivity index (χ2v) is 8.49. The van der Waals surface area contributed by atoms with E-state index in [1.54, 1.807) is 18.2 Å². The number of carbonyl (C=O) groups excluding carboxylic acids is 1. The summed E-state index contributed by atoms with van der Waals surface area (Å²) in [6.45, 7) is -0.102. The molecule has 1 amide bonds. The monoisotopic (exact) mass is 477 g/mol. The number of halogens is 3. The minimum atomic E-state index is -4.32. The predicted octanol–water partition coefficient (Wildman–Crippen LogP) is 6.01. The lowest BCUT2D eigenvalue weighted by Crippen LogP contribution is -2.39. The van der Waals surface area contributed by atoms with Gasteiger partial charge in [-0.2, -0.15) is 13.2 Å². The average molecular weight is 478 g/mol. The van der Waals surface area contributed by atoms with E-state index in [9.17, 15) is 18.0 Å². The zero-order valence-electron chi connectivity index (χ0n) is 17.5. The van der Waals surface area contributed by atoms with Gasteiger partial charge >= 0.3 is 5.51 Å². The molecule has 4 rings (SSSR count). The van der Waals surface area contributed by atoms with Gasteiger partial charge in [0.05, 0.1) is 5.56 Å². The maximum Gasteiger partial charge on any atom is 0.446 e. The minimum Gasteiger partial charge on any atom is -0.487 e. The summed E-state index contributed by atoms with van der Waals surface area (Å²) in [6.07, 6.45) is 3.09. The summed E-state index contributed by atoms with van der Waals surface area (Å²) < 4.78 is 43.5. The van der Waals surface area contributed by atoms with Crippen LogP contribution in [0, 0.1) is 0 Å². The highest BCUT2D eigenvalue weighted by molar-refractivity contribution is 8.00. The summed E-state index contributed by atoms with van der Waals surface area (Å²) >= 11 is -0.148.